The molecule has 0 N–H and O–H groups in total. The van der Waals surface area contributed by atoms with Crippen LogP contribution in [0.4, 0.5) is 35.9 Å². The molecule has 1 aliphatic carbocycles. The van der Waals surface area contributed by atoms with Crippen LogP contribution in [-0.2, 0) is 0 Å². The minimum absolute atomic E-state index is 0.306. The topological polar surface area (TPSA) is 19.4 Å². The highest BCUT2D eigenvalue weighted by molar-refractivity contribution is 5.96. The van der Waals surface area contributed by atoms with Crippen LogP contribution in [0, 0.1) is 17.5 Å². The largest absolute Gasteiger partial charge is 0.344 e. The second kappa shape index (κ2) is 7.86. The van der Waals surface area contributed by atoms with Crippen molar-refractivity contribution in [2.45, 2.75) is 18.8 Å². The maximum atomic E-state index is 15.3. The number of hydrogen-bond donors (Lipinski definition) is 0. The summed E-state index contributed by atoms with van der Waals surface area (Å²) in [6.45, 7) is 0. The number of anilines is 4. The van der Waals surface area contributed by atoms with Crippen LogP contribution >= 0.6 is 0 Å². The summed E-state index contributed by atoms with van der Waals surface area (Å²) in [5.74, 6) is -0.646. The van der Waals surface area contributed by atoms with E-state index >= 15 is 4.39 Å². The quantitative estimate of drug-likeness (QED) is 0.336. The van der Waals surface area contributed by atoms with Gasteiger partial charge in [-0.05, 0) is 79.6 Å². The maximum Gasteiger partial charge on any atom is 0.147 e. The minimum atomic E-state index is -0.404. The number of benzene rings is 3. The number of rotatable bonds is 5. The molecule has 0 radical (unpaired) electrons. The number of halogens is 3. The Kier molecular flexibility index (Phi) is 5.00. The molecule has 1 saturated carbocycles. The van der Waals surface area contributed by atoms with Crippen molar-refractivity contribution < 1.29 is 13.2 Å². The van der Waals surface area contributed by atoms with E-state index in [9.17, 15) is 8.78 Å². The van der Waals surface area contributed by atoms with Crippen LogP contribution in [0.3, 0.4) is 0 Å². The lowest BCUT2D eigenvalue weighted by molar-refractivity contribution is 0.626. The molecule has 3 aromatic carbocycles. The second-order valence-electron chi connectivity index (χ2n) is 8.23. The highest BCUT2D eigenvalue weighted by Crippen LogP contribution is 2.43. The van der Waals surface area contributed by atoms with Gasteiger partial charge in [0.25, 0.3) is 0 Å². The van der Waals surface area contributed by atoms with Gasteiger partial charge in [-0.25, -0.2) is 13.2 Å². The average molecular weight is 433 g/mol. The maximum absolute atomic E-state index is 15.3. The Labute approximate surface area is 184 Å². The molecule has 0 amide bonds. The van der Waals surface area contributed by atoms with E-state index < -0.39 is 5.82 Å². The van der Waals surface area contributed by atoms with E-state index in [-0.39, 0.29) is 11.6 Å². The molecule has 3 nitrogen and oxygen atoms in total. The number of aromatic nitrogens is 1. The van der Waals surface area contributed by atoms with Crippen LogP contribution in [0.5, 0.6) is 0 Å². The van der Waals surface area contributed by atoms with Gasteiger partial charge < -0.3 is 9.80 Å². The molecule has 1 fully saturated rings. The fourth-order valence-corrected chi connectivity index (χ4v) is 3.97. The van der Waals surface area contributed by atoms with E-state index in [1.165, 1.54) is 30.3 Å². The summed E-state index contributed by atoms with van der Waals surface area (Å²) in [4.78, 5) is 8.45. The van der Waals surface area contributed by atoms with E-state index in [2.05, 4.69) is 0 Å². The lowest BCUT2D eigenvalue weighted by Gasteiger charge is -2.24. The van der Waals surface area contributed by atoms with Crippen molar-refractivity contribution in [1.29, 1.82) is 0 Å². The van der Waals surface area contributed by atoms with Crippen molar-refractivity contribution in [1.82, 2.24) is 4.98 Å². The summed E-state index contributed by atoms with van der Waals surface area (Å²) in [6.07, 6.45) is 2.17. The molecule has 1 aliphatic rings. The Bertz CT molecular complexity index is 1280. The van der Waals surface area contributed by atoms with E-state index in [0.717, 1.165) is 29.9 Å². The molecule has 6 heteroatoms. The van der Waals surface area contributed by atoms with Crippen molar-refractivity contribution >= 4 is 33.7 Å². The van der Waals surface area contributed by atoms with Gasteiger partial charge >= 0.3 is 0 Å². The van der Waals surface area contributed by atoms with E-state index in [1.807, 2.05) is 18.0 Å². The smallest absolute Gasteiger partial charge is 0.147 e. The zero-order valence-corrected chi connectivity index (χ0v) is 17.8. The Morgan fingerprint density at radius 3 is 1.78 bits per heavy atom. The third kappa shape index (κ3) is 3.77. The van der Waals surface area contributed by atoms with Crippen LogP contribution in [0.15, 0.2) is 66.7 Å². The first-order chi connectivity index (χ1) is 15.4. The van der Waals surface area contributed by atoms with Gasteiger partial charge in [-0.3, -0.25) is 4.98 Å². The molecule has 4 aromatic rings. The Morgan fingerprint density at radius 1 is 0.719 bits per heavy atom. The highest BCUT2D eigenvalue weighted by Gasteiger charge is 2.27. The Morgan fingerprint density at radius 2 is 1.25 bits per heavy atom. The first-order valence-corrected chi connectivity index (χ1v) is 10.5. The molecule has 32 heavy (non-hydrogen) atoms. The molecular formula is C26H22F3N3. The first kappa shape index (κ1) is 20.4. The highest BCUT2D eigenvalue weighted by atomic mass is 19.1. The van der Waals surface area contributed by atoms with Crippen LogP contribution < -0.4 is 9.80 Å². The van der Waals surface area contributed by atoms with Crippen molar-refractivity contribution in [3.05, 3.63) is 89.9 Å². The van der Waals surface area contributed by atoms with Crippen molar-refractivity contribution in [3.63, 3.8) is 0 Å². The predicted octanol–water partition coefficient (Wildman–Crippen LogP) is 7.07. The third-order valence-electron chi connectivity index (χ3n) is 6.02. The van der Waals surface area contributed by atoms with Crippen LogP contribution in [-0.4, -0.2) is 19.1 Å². The van der Waals surface area contributed by atoms with Gasteiger partial charge in [-0.1, -0.05) is 0 Å². The lowest BCUT2D eigenvalue weighted by Crippen LogP contribution is -2.13. The number of hydrogen-bond acceptors (Lipinski definition) is 3. The van der Waals surface area contributed by atoms with Gasteiger partial charge in [0.1, 0.15) is 17.5 Å². The summed E-state index contributed by atoms with van der Waals surface area (Å²) in [5, 5.41) is 0.676. The Balaban J connectivity index is 1.64. The average Bonchev–Trinajstić information content (AvgIpc) is 3.64. The van der Waals surface area contributed by atoms with Gasteiger partial charge in [0, 0.05) is 42.5 Å². The molecule has 5 rings (SSSR count). The third-order valence-corrected chi connectivity index (χ3v) is 6.02. The summed E-state index contributed by atoms with van der Waals surface area (Å²) in [7, 11) is 3.63. The molecule has 0 bridgehead atoms. The van der Waals surface area contributed by atoms with Crippen LogP contribution in [0.2, 0.25) is 0 Å². The Hall–Kier alpha value is -3.54. The first-order valence-electron chi connectivity index (χ1n) is 10.5. The van der Waals surface area contributed by atoms with E-state index in [1.54, 1.807) is 42.3 Å². The summed E-state index contributed by atoms with van der Waals surface area (Å²) < 4.78 is 42.0. The predicted molar refractivity (Wildman–Crippen MR) is 123 cm³/mol. The van der Waals surface area contributed by atoms with Gasteiger partial charge in [0.2, 0.25) is 0 Å². The normalized spacial score (nSPS) is 13.4. The number of fused-ring (bicyclic) bond motifs is 1. The number of pyridine rings is 1. The summed E-state index contributed by atoms with van der Waals surface area (Å²) in [5.41, 5.74) is 4.31. The molecule has 162 valence electrons. The van der Waals surface area contributed by atoms with E-state index in [4.69, 9.17) is 4.98 Å². The molecule has 0 unspecified atom stereocenters. The van der Waals surface area contributed by atoms with Gasteiger partial charge in [-0.2, -0.15) is 0 Å². The SMILES string of the molecule is CN(c1ccc(F)cc1)c1cc2nc(C3CC3)cc(N(C)c3ccc(F)cc3)c2cc1F. The van der Waals surface area contributed by atoms with Gasteiger partial charge in [0.05, 0.1) is 16.9 Å². The second-order valence-corrected chi connectivity index (χ2v) is 8.23. The fraction of sp³-hybridized carbons (Fsp3) is 0.192. The van der Waals surface area contributed by atoms with Gasteiger partial charge in [-0.15, -0.1) is 0 Å². The van der Waals surface area contributed by atoms with Crippen LogP contribution in [0.25, 0.3) is 10.9 Å². The summed E-state index contributed by atoms with van der Waals surface area (Å²) in [6, 6.07) is 17.4. The van der Waals surface area contributed by atoms with Crippen molar-refractivity contribution in [2.24, 2.45) is 0 Å². The standard InChI is InChI=1S/C26H22F3N3/c1-31(19-9-5-17(27)6-10-19)25-14-23(16-3-4-16)30-24-15-26(22(29)13-21(24)25)32(2)20-11-7-18(28)8-12-20/h5-16H,3-4H2,1-2H3. The lowest BCUT2D eigenvalue weighted by atomic mass is 10.1. The van der Waals surface area contributed by atoms with E-state index in [0.29, 0.717) is 28.2 Å². The zero-order valence-electron chi connectivity index (χ0n) is 17.8. The monoisotopic (exact) mass is 433 g/mol. The van der Waals surface area contributed by atoms with Gasteiger partial charge in [0.15, 0.2) is 0 Å². The number of nitrogens with zero attached hydrogens (tertiary/aromatic N) is 3. The van der Waals surface area contributed by atoms with Crippen molar-refractivity contribution in [3.8, 4) is 0 Å². The van der Waals surface area contributed by atoms with Crippen LogP contribution in [0.1, 0.15) is 24.5 Å². The molecule has 1 heterocycles. The molecule has 0 spiro atoms. The molecule has 0 atom stereocenters. The molecule has 1 aromatic heterocycles. The zero-order chi connectivity index (χ0) is 22.4. The fourth-order valence-electron chi connectivity index (χ4n) is 3.97. The molecular weight excluding hydrogens is 411 g/mol. The molecule has 0 aliphatic heterocycles. The summed E-state index contributed by atoms with van der Waals surface area (Å²) >= 11 is 0. The minimum Gasteiger partial charge on any atom is -0.344 e. The van der Waals surface area contributed by atoms with Crippen molar-refractivity contribution in [2.75, 3.05) is 23.9 Å². The molecule has 0 saturated heterocycles.